The van der Waals surface area contributed by atoms with Gasteiger partial charge in [0, 0.05) is 44.7 Å². The molecule has 1 aromatic carbocycles. The van der Waals surface area contributed by atoms with Crippen LogP contribution in [-0.2, 0) is 14.8 Å². The van der Waals surface area contributed by atoms with Crippen molar-refractivity contribution in [2.24, 2.45) is 0 Å². The van der Waals surface area contributed by atoms with Crippen LogP contribution in [0.1, 0.15) is 13.3 Å². The summed E-state index contributed by atoms with van der Waals surface area (Å²) in [5.41, 5.74) is 0. The van der Waals surface area contributed by atoms with Crippen molar-refractivity contribution in [2.75, 3.05) is 40.4 Å². The maximum atomic E-state index is 12.4. The summed E-state index contributed by atoms with van der Waals surface area (Å²) in [6.07, 6.45) is 0.122. The fourth-order valence-corrected chi connectivity index (χ4v) is 3.76. The first-order valence-corrected chi connectivity index (χ1v) is 9.59. The second-order valence-corrected chi connectivity index (χ2v) is 7.57. The average molecular weight is 408 g/mol. The van der Waals surface area contributed by atoms with Gasteiger partial charge in [-0.3, -0.25) is 4.79 Å². The van der Waals surface area contributed by atoms with E-state index in [-0.39, 0.29) is 42.2 Å². The van der Waals surface area contributed by atoms with E-state index in [1.54, 1.807) is 4.90 Å². The van der Waals surface area contributed by atoms with Crippen LogP contribution in [0.25, 0.3) is 0 Å². The Morgan fingerprint density at radius 3 is 2.62 bits per heavy atom. The molecule has 1 amide bonds. The molecule has 1 aliphatic heterocycles. The maximum absolute atomic E-state index is 12.4. The number of sulfonamides is 1. The lowest BCUT2D eigenvalue weighted by Gasteiger charge is -2.34. The van der Waals surface area contributed by atoms with Gasteiger partial charge in [-0.15, -0.1) is 12.4 Å². The molecule has 2 N–H and O–H groups in total. The first kappa shape index (κ1) is 22.5. The van der Waals surface area contributed by atoms with Crippen molar-refractivity contribution in [1.29, 1.82) is 0 Å². The number of methoxy groups -OCH3 is 2. The molecule has 0 bridgehead atoms. The molecule has 0 radical (unpaired) electrons. The summed E-state index contributed by atoms with van der Waals surface area (Å²) in [5, 5.41) is 3.21. The Bertz CT molecular complexity index is 714. The van der Waals surface area contributed by atoms with Gasteiger partial charge in [0.15, 0.2) is 11.5 Å². The largest absolute Gasteiger partial charge is 0.493 e. The van der Waals surface area contributed by atoms with Crippen LogP contribution < -0.4 is 19.5 Å². The van der Waals surface area contributed by atoms with Crippen molar-refractivity contribution in [3.05, 3.63) is 18.2 Å². The van der Waals surface area contributed by atoms with Crippen LogP contribution in [0.3, 0.4) is 0 Å². The number of carbonyl (C=O) groups is 1. The van der Waals surface area contributed by atoms with Gasteiger partial charge in [-0.05, 0) is 19.1 Å². The predicted molar refractivity (Wildman–Crippen MR) is 101 cm³/mol. The summed E-state index contributed by atoms with van der Waals surface area (Å²) in [6, 6.07) is 4.47. The molecule has 0 aromatic heterocycles. The van der Waals surface area contributed by atoms with E-state index in [0.717, 1.165) is 13.1 Å². The predicted octanol–water partition coefficient (Wildman–Crippen LogP) is 0.614. The van der Waals surface area contributed by atoms with Gasteiger partial charge in [-0.1, -0.05) is 0 Å². The summed E-state index contributed by atoms with van der Waals surface area (Å²) < 4.78 is 37.4. The van der Waals surface area contributed by atoms with Crippen molar-refractivity contribution in [3.8, 4) is 11.5 Å². The van der Waals surface area contributed by atoms with Crippen molar-refractivity contribution in [3.63, 3.8) is 0 Å². The topological polar surface area (TPSA) is 97.0 Å². The number of halogens is 1. The van der Waals surface area contributed by atoms with Crippen LogP contribution in [0.4, 0.5) is 0 Å². The molecule has 1 aromatic rings. The molecule has 0 saturated carbocycles. The van der Waals surface area contributed by atoms with E-state index in [4.69, 9.17) is 9.47 Å². The quantitative estimate of drug-likeness (QED) is 0.687. The van der Waals surface area contributed by atoms with E-state index in [0.29, 0.717) is 18.0 Å². The van der Waals surface area contributed by atoms with Crippen molar-refractivity contribution in [1.82, 2.24) is 14.9 Å². The summed E-state index contributed by atoms with van der Waals surface area (Å²) in [7, 11) is -0.808. The van der Waals surface area contributed by atoms with Crippen LogP contribution >= 0.6 is 12.4 Å². The molecule has 10 heteroatoms. The van der Waals surface area contributed by atoms with Crippen LogP contribution in [-0.4, -0.2) is 65.7 Å². The van der Waals surface area contributed by atoms with Gasteiger partial charge in [-0.2, -0.15) is 0 Å². The number of rotatable bonds is 7. The number of ether oxygens (including phenoxy) is 2. The zero-order chi connectivity index (χ0) is 18.4. The van der Waals surface area contributed by atoms with Gasteiger partial charge in [0.2, 0.25) is 15.9 Å². The van der Waals surface area contributed by atoms with Crippen molar-refractivity contribution < 1.29 is 22.7 Å². The summed E-state index contributed by atoms with van der Waals surface area (Å²) in [4.78, 5) is 14.1. The molecule has 1 atom stereocenters. The maximum Gasteiger partial charge on any atom is 0.240 e. The number of benzene rings is 1. The molecule has 0 spiro atoms. The Labute approximate surface area is 160 Å². The Kier molecular flexibility index (Phi) is 8.61. The molecule has 26 heavy (non-hydrogen) atoms. The van der Waals surface area contributed by atoms with Crippen LogP contribution in [0.15, 0.2) is 23.1 Å². The molecule has 1 aliphatic rings. The molecule has 0 aliphatic carbocycles. The van der Waals surface area contributed by atoms with E-state index in [1.807, 2.05) is 6.92 Å². The van der Waals surface area contributed by atoms with Crippen molar-refractivity contribution >= 4 is 28.3 Å². The van der Waals surface area contributed by atoms with Crippen LogP contribution in [0.5, 0.6) is 11.5 Å². The highest BCUT2D eigenvalue weighted by molar-refractivity contribution is 7.89. The number of piperazine rings is 1. The molecular formula is C16H26ClN3O5S. The van der Waals surface area contributed by atoms with Gasteiger partial charge in [0.25, 0.3) is 0 Å². The third-order valence-corrected chi connectivity index (χ3v) is 5.58. The normalized spacial score (nSPS) is 17.3. The first-order valence-electron chi connectivity index (χ1n) is 8.11. The third-order valence-electron chi connectivity index (χ3n) is 4.12. The van der Waals surface area contributed by atoms with E-state index in [9.17, 15) is 13.2 Å². The monoisotopic (exact) mass is 407 g/mol. The molecule has 8 nitrogen and oxygen atoms in total. The minimum atomic E-state index is -3.73. The number of amides is 1. The fourth-order valence-electron chi connectivity index (χ4n) is 2.71. The molecule has 1 fully saturated rings. The first-order chi connectivity index (χ1) is 11.9. The molecule has 148 valence electrons. The summed E-state index contributed by atoms with van der Waals surface area (Å²) in [5.74, 6) is 0.726. The molecular weight excluding hydrogens is 382 g/mol. The van der Waals surface area contributed by atoms with Gasteiger partial charge < -0.3 is 19.7 Å². The minimum Gasteiger partial charge on any atom is -0.493 e. The number of carbonyl (C=O) groups excluding carboxylic acids is 1. The number of nitrogens with zero attached hydrogens (tertiary/aromatic N) is 1. The Balaban J connectivity index is 0.00000338. The standard InChI is InChI=1S/C16H25N3O5S.ClH/c1-12-11-17-8-9-19(12)16(20)6-7-18-25(21,22)13-4-5-14(23-2)15(10-13)24-3;/h4-5,10,12,17-18H,6-9,11H2,1-3H3;1H/t12-;/m1./s1. The smallest absolute Gasteiger partial charge is 0.240 e. The number of hydrogen-bond donors (Lipinski definition) is 2. The fraction of sp³-hybridized carbons (Fsp3) is 0.562. The Hall–Kier alpha value is -1.55. The molecule has 1 heterocycles. The van der Waals surface area contributed by atoms with Gasteiger partial charge in [-0.25, -0.2) is 13.1 Å². The van der Waals surface area contributed by atoms with Gasteiger partial charge in [0.1, 0.15) is 0 Å². The lowest BCUT2D eigenvalue weighted by Crippen LogP contribution is -2.52. The molecule has 1 saturated heterocycles. The lowest BCUT2D eigenvalue weighted by molar-refractivity contribution is -0.133. The highest BCUT2D eigenvalue weighted by Gasteiger charge is 2.23. The van der Waals surface area contributed by atoms with Gasteiger partial charge >= 0.3 is 0 Å². The average Bonchev–Trinajstić information content (AvgIpc) is 2.61. The SMILES string of the molecule is COc1ccc(S(=O)(=O)NCCC(=O)N2CCNC[C@H]2C)cc1OC.Cl. The van der Waals surface area contributed by atoms with E-state index in [2.05, 4.69) is 10.0 Å². The highest BCUT2D eigenvalue weighted by Crippen LogP contribution is 2.29. The van der Waals surface area contributed by atoms with Crippen molar-refractivity contribution in [2.45, 2.75) is 24.3 Å². The third kappa shape index (κ3) is 5.47. The van der Waals surface area contributed by atoms with Crippen LogP contribution in [0, 0.1) is 0 Å². The van der Waals surface area contributed by atoms with Gasteiger partial charge in [0.05, 0.1) is 19.1 Å². The lowest BCUT2D eigenvalue weighted by atomic mass is 10.2. The van der Waals surface area contributed by atoms with E-state index in [1.165, 1.54) is 32.4 Å². The Morgan fingerprint density at radius 1 is 1.31 bits per heavy atom. The second-order valence-electron chi connectivity index (χ2n) is 5.80. The zero-order valence-corrected chi connectivity index (χ0v) is 16.8. The summed E-state index contributed by atoms with van der Waals surface area (Å²) in [6.45, 7) is 4.17. The van der Waals surface area contributed by atoms with Crippen LogP contribution in [0.2, 0.25) is 0 Å². The number of nitrogens with one attached hydrogen (secondary N) is 2. The van der Waals surface area contributed by atoms with E-state index < -0.39 is 10.0 Å². The highest BCUT2D eigenvalue weighted by atomic mass is 35.5. The molecule has 0 unspecified atom stereocenters. The second kappa shape index (κ2) is 9.96. The molecule has 2 rings (SSSR count). The Morgan fingerprint density at radius 2 is 2.00 bits per heavy atom. The van der Waals surface area contributed by atoms with E-state index >= 15 is 0 Å². The zero-order valence-electron chi connectivity index (χ0n) is 15.1. The summed E-state index contributed by atoms with van der Waals surface area (Å²) >= 11 is 0. The number of hydrogen-bond acceptors (Lipinski definition) is 6. The minimum absolute atomic E-state index is 0.